The zero-order valence-corrected chi connectivity index (χ0v) is 13.3. The molecule has 1 heterocycles. The number of rotatable bonds is 5. The van der Waals surface area contributed by atoms with Crippen LogP contribution >= 0.6 is 0 Å². The summed E-state index contributed by atoms with van der Waals surface area (Å²) in [7, 11) is 0. The first-order valence-electron chi connectivity index (χ1n) is 7.62. The van der Waals surface area contributed by atoms with E-state index in [1.165, 1.54) is 10.6 Å². The summed E-state index contributed by atoms with van der Waals surface area (Å²) >= 11 is 0. The minimum Gasteiger partial charge on any atom is -0.324 e. The number of hydrogen-bond donors (Lipinski definition) is 1. The summed E-state index contributed by atoms with van der Waals surface area (Å²) in [6.07, 6.45) is 3.41. The second-order valence-electron chi connectivity index (χ2n) is 5.38. The Morgan fingerprint density at radius 3 is 2.32 bits per heavy atom. The van der Waals surface area contributed by atoms with Crippen LogP contribution in [0.25, 0.3) is 0 Å². The van der Waals surface area contributed by atoms with Gasteiger partial charge in [-0.1, -0.05) is 38.1 Å². The lowest BCUT2D eigenvalue weighted by Gasteiger charge is -2.15. The van der Waals surface area contributed by atoms with Gasteiger partial charge in [-0.15, -0.1) is 0 Å². The topological polar surface area (TPSA) is 51.1 Å². The summed E-state index contributed by atoms with van der Waals surface area (Å²) in [5.74, 6) is -0.177. The predicted molar refractivity (Wildman–Crippen MR) is 89.3 cm³/mol. The lowest BCUT2D eigenvalue weighted by molar-refractivity contribution is -0.116. The number of amides is 1. The van der Waals surface area contributed by atoms with E-state index in [2.05, 4.69) is 19.2 Å². The fourth-order valence-electron chi connectivity index (χ4n) is 2.51. The van der Waals surface area contributed by atoms with Crippen molar-refractivity contribution in [2.24, 2.45) is 0 Å². The number of carbonyl (C=O) groups is 1. The first kappa shape index (κ1) is 16.0. The minimum atomic E-state index is -0.177. The number of aromatic nitrogens is 1. The highest BCUT2D eigenvalue weighted by Gasteiger charge is 2.11. The number of hydrogen-bond acceptors (Lipinski definition) is 2. The number of carbonyl (C=O) groups excluding carboxylic acids is 1. The van der Waals surface area contributed by atoms with Crippen LogP contribution in [-0.2, 0) is 24.2 Å². The SMILES string of the molecule is CCc1cccc(CC)c1NC(=O)Cn1cc(C)ccc1=O. The van der Waals surface area contributed by atoms with Crippen LogP contribution in [0.4, 0.5) is 5.69 Å². The number of benzene rings is 1. The van der Waals surface area contributed by atoms with Gasteiger partial charge in [0.1, 0.15) is 6.54 Å². The molecule has 2 rings (SSSR count). The molecule has 1 aromatic heterocycles. The van der Waals surface area contributed by atoms with Gasteiger partial charge in [-0.25, -0.2) is 0 Å². The molecule has 1 aromatic carbocycles. The van der Waals surface area contributed by atoms with Crippen LogP contribution < -0.4 is 10.9 Å². The normalized spacial score (nSPS) is 10.5. The summed E-state index contributed by atoms with van der Waals surface area (Å²) in [6, 6.07) is 9.29. The highest BCUT2D eigenvalue weighted by atomic mass is 16.2. The summed E-state index contributed by atoms with van der Waals surface area (Å²) < 4.78 is 1.44. The minimum absolute atomic E-state index is 0.0295. The standard InChI is InChI=1S/C18H22N2O2/c1-4-14-7-6-8-15(5-2)18(14)19-16(21)12-20-11-13(3)9-10-17(20)22/h6-11H,4-5,12H2,1-3H3,(H,19,21). The largest absolute Gasteiger partial charge is 0.324 e. The van der Waals surface area contributed by atoms with Crippen LogP contribution in [0.1, 0.15) is 30.5 Å². The van der Waals surface area contributed by atoms with Crippen LogP contribution in [0.5, 0.6) is 0 Å². The molecule has 22 heavy (non-hydrogen) atoms. The second-order valence-corrected chi connectivity index (χ2v) is 5.38. The van der Waals surface area contributed by atoms with Crippen LogP contribution in [0.2, 0.25) is 0 Å². The van der Waals surface area contributed by atoms with E-state index < -0.39 is 0 Å². The number of nitrogens with zero attached hydrogens (tertiary/aromatic N) is 1. The van der Waals surface area contributed by atoms with Gasteiger partial charge >= 0.3 is 0 Å². The molecule has 0 fully saturated rings. The molecule has 1 N–H and O–H groups in total. The fraction of sp³-hybridized carbons (Fsp3) is 0.333. The van der Waals surface area contributed by atoms with Gasteiger partial charge in [0.05, 0.1) is 0 Å². The molecule has 1 amide bonds. The highest BCUT2D eigenvalue weighted by molar-refractivity contribution is 5.92. The number of anilines is 1. The maximum absolute atomic E-state index is 12.3. The lowest BCUT2D eigenvalue weighted by Crippen LogP contribution is -2.27. The van der Waals surface area contributed by atoms with E-state index in [0.717, 1.165) is 35.2 Å². The molecule has 2 aromatic rings. The molecule has 0 saturated carbocycles. The van der Waals surface area contributed by atoms with Gasteiger partial charge in [0.15, 0.2) is 0 Å². The Kier molecular flexibility index (Phi) is 5.15. The molecule has 116 valence electrons. The number of pyridine rings is 1. The first-order valence-corrected chi connectivity index (χ1v) is 7.62. The average molecular weight is 298 g/mol. The van der Waals surface area contributed by atoms with E-state index in [-0.39, 0.29) is 18.0 Å². The van der Waals surface area contributed by atoms with Gasteiger partial charge in [0.2, 0.25) is 5.91 Å². The van der Waals surface area contributed by atoms with E-state index in [1.807, 2.05) is 25.1 Å². The van der Waals surface area contributed by atoms with E-state index >= 15 is 0 Å². The molecule has 4 nitrogen and oxygen atoms in total. The average Bonchev–Trinajstić information content (AvgIpc) is 2.51. The highest BCUT2D eigenvalue weighted by Crippen LogP contribution is 2.22. The molecule has 0 aliphatic rings. The van der Waals surface area contributed by atoms with Crippen molar-refractivity contribution in [1.29, 1.82) is 0 Å². The molecule has 0 bridgehead atoms. The van der Waals surface area contributed by atoms with Crippen molar-refractivity contribution < 1.29 is 4.79 Å². The smallest absolute Gasteiger partial charge is 0.251 e. The Balaban J connectivity index is 2.22. The van der Waals surface area contributed by atoms with E-state index in [4.69, 9.17) is 0 Å². The Morgan fingerprint density at radius 1 is 1.09 bits per heavy atom. The third-order valence-corrected chi connectivity index (χ3v) is 3.71. The Morgan fingerprint density at radius 2 is 1.73 bits per heavy atom. The first-order chi connectivity index (χ1) is 10.5. The Bertz CT molecular complexity index is 710. The molecule has 0 saturated heterocycles. The van der Waals surface area contributed by atoms with Gasteiger partial charge in [0, 0.05) is 18.0 Å². The van der Waals surface area contributed by atoms with Crippen LogP contribution in [0.3, 0.4) is 0 Å². The Labute approximate surface area is 130 Å². The van der Waals surface area contributed by atoms with Crippen molar-refractivity contribution in [3.05, 3.63) is 63.6 Å². The van der Waals surface area contributed by atoms with Crippen molar-refractivity contribution in [2.45, 2.75) is 40.2 Å². The molecule has 0 atom stereocenters. The molecule has 4 heteroatoms. The molecular formula is C18H22N2O2. The van der Waals surface area contributed by atoms with Gasteiger partial charge < -0.3 is 9.88 Å². The second kappa shape index (κ2) is 7.07. The third kappa shape index (κ3) is 3.64. The van der Waals surface area contributed by atoms with Gasteiger partial charge in [0.25, 0.3) is 5.56 Å². The fourth-order valence-corrected chi connectivity index (χ4v) is 2.51. The van der Waals surface area contributed by atoms with E-state index in [0.29, 0.717) is 0 Å². The van der Waals surface area contributed by atoms with E-state index in [1.54, 1.807) is 12.3 Å². The molecule has 0 aliphatic carbocycles. The zero-order valence-electron chi connectivity index (χ0n) is 13.3. The van der Waals surface area contributed by atoms with Crippen molar-refractivity contribution >= 4 is 11.6 Å². The van der Waals surface area contributed by atoms with Crippen molar-refractivity contribution in [3.8, 4) is 0 Å². The number of aryl methyl sites for hydroxylation is 3. The summed E-state index contributed by atoms with van der Waals surface area (Å²) in [4.78, 5) is 24.1. The summed E-state index contributed by atoms with van der Waals surface area (Å²) in [5.41, 5.74) is 3.91. The number of para-hydroxylation sites is 1. The van der Waals surface area contributed by atoms with Crippen LogP contribution in [0, 0.1) is 6.92 Å². The summed E-state index contributed by atoms with van der Waals surface area (Å²) in [6.45, 7) is 6.06. The van der Waals surface area contributed by atoms with Crippen molar-refractivity contribution in [3.63, 3.8) is 0 Å². The van der Waals surface area contributed by atoms with Crippen molar-refractivity contribution in [2.75, 3.05) is 5.32 Å². The number of nitrogens with one attached hydrogen (secondary N) is 1. The zero-order chi connectivity index (χ0) is 16.1. The van der Waals surface area contributed by atoms with Gasteiger partial charge in [-0.05, 0) is 36.5 Å². The maximum Gasteiger partial charge on any atom is 0.251 e. The van der Waals surface area contributed by atoms with E-state index in [9.17, 15) is 9.59 Å². The lowest BCUT2D eigenvalue weighted by atomic mass is 10.0. The third-order valence-electron chi connectivity index (χ3n) is 3.71. The summed E-state index contributed by atoms with van der Waals surface area (Å²) in [5, 5.41) is 2.98. The molecule has 0 radical (unpaired) electrons. The van der Waals surface area contributed by atoms with Gasteiger partial charge in [-0.2, -0.15) is 0 Å². The van der Waals surface area contributed by atoms with Gasteiger partial charge in [-0.3, -0.25) is 9.59 Å². The molecular weight excluding hydrogens is 276 g/mol. The molecule has 0 aliphatic heterocycles. The monoisotopic (exact) mass is 298 g/mol. The van der Waals surface area contributed by atoms with Crippen LogP contribution in [-0.4, -0.2) is 10.5 Å². The quantitative estimate of drug-likeness (QED) is 0.922. The molecule has 0 unspecified atom stereocenters. The molecule has 0 spiro atoms. The van der Waals surface area contributed by atoms with Crippen LogP contribution in [0.15, 0.2) is 41.3 Å². The Hall–Kier alpha value is -2.36. The predicted octanol–water partition coefficient (Wildman–Crippen LogP) is 2.92. The van der Waals surface area contributed by atoms with Crippen molar-refractivity contribution in [1.82, 2.24) is 4.57 Å². The maximum atomic E-state index is 12.3.